The van der Waals surface area contributed by atoms with Gasteiger partial charge in [0, 0.05) is 12.6 Å². The summed E-state index contributed by atoms with van der Waals surface area (Å²) in [5, 5.41) is 3.11. The lowest BCUT2D eigenvalue weighted by atomic mass is 10.1. The summed E-state index contributed by atoms with van der Waals surface area (Å²) < 4.78 is 10.9. The number of hydrogen-bond acceptors (Lipinski definition) is 4. The standard InChI is InChI=1S/C23H24N2O4/c26-22(24-18-10-4-5-11-18)21(19-12-6-14-28-19)25(16-17-8-2-1-3-9-17)23(27)20-13-7-15-29-20/h1-3,6-9,12-15,18,21H,4-5,10-11,16H2,(H,24,26)/t21-/m1/s1. The van der Waals surface area contributed by atoms with Gasteiger partial charge >= 0.3 is 0 Å². The lowest BCUT2D eigenvalue weighted by molar-refractivity contribution is -0.127. The van der Waals surface area contributed by atoms with Crippen molar-refractivity contribution in [1.82, 2.24) is 10.2 Å². The van der Waals surface area contributed by atoms with Crippen LogP contribution in [0.4, 0.5) is 0 Å². The number of carbonyl (C=O) groups is 2. The second-order valence-corrected chi connectivity index (χ2v) is 7.30. The minimum absolute atomic E-state index is 0.136. The Bertz CT molecular complexity index is 913. The highest BCUT2D eigenvalue weighted by Crippen LogP contribution is 2.28. The minimum atomic E-state index is -0.886. The van der Waals surface area contributed by atoms with Gasteiger partial charge in [-0.15, -0.1) is 0 Å². The van der Waals surface area contributed by atoms with Gasteiger partial charge in [-0.25, -0.2) is 0 Å². The predicted octanol–water partition coefficient (Wildman–Crippen LogP) is 4.32. The number of carbonyl (C=O) groups excluding carboxylic acids is 2. The molecule has 6 nitrogen and oxygen atoms in total. The van der Waals surface area contributed by atoms with Crippen molar-refractivity contribution in [2.24, 2.45) is 0 Å². The number of furan rings is 2. The number of amides is 2. The van der Waals surface area contributed by atoms with Crippen LogP contribution in [0.1, 0.15) is 53.6 Å². The molecule has 29 heavy (non-hydrogen) atoms. The quantitative estimate of drug-likeness (QED) is 0.650. The normalized spacial score (nSPS) is 15.2. The van der Waals surface area contributed by atoms with Gasteiger partial charge in [-0.1, -0.05) is 43.2 Å². The number of rotatable bonds is 7. The van der Waals surface area contributed by atoms with Crippen molar-refractivity contribution in [3.63, 3.8) is 0 Å². The molecule has 1 fully saturated rings. The monoisotopic (exact) mass is 392 g/mol. The minimum Gasteiger partial charge on any atom is -0.467 e. The van der Waals surface area contributed by atoms with E-state index in [0.29, 0.717) is 5.76 Å². The van der Waals surface area contributed by atoms with Gasteiger partial charge in [-0.3, -0.25) is 9.59 Å². The zero-order chi connectivity index (χ0) is 20.1. The van der Waals surface area contributed by atoms with Crippen molar-refractivity contribution >= 4 is 11.8 Å². The van der Waals surface area contributed by atoms with E-state index in [1.807, 2.05) is 30.3 Å². The molecule has 1 N–H and O–H groups in total. The topological polar surface area (TPSA) is 75.7 Å². The molecule has 6 heteroatoms. The Morgan fingerprint density at radius 3 is 2.34 bits per heavy atom. The molecule has 1 aliphatic rings. The number of hydrogen-bond donors (Lipinski definition) is 1. The number of benzene rings is 1. The van der Waals surface area contributed by atoms with Crippen molar-refractivity contribution in [2.75, 3.05) is 0 Å². The maximum atomic E-state index is 13.3. The van der Waals surface area contributed by atoms with Crippen LogP contribution in [0.2, 0.25) is 0 Å². The van der Waals surface area contributed by atoms with Crippen LogP contribution >= 0.6 is 0 Å². The third-order valence-corrected chi connectivity index (χ3v) is 5.26. The van der Waals surface area contributed by atoms with E-state index in [0.717, 1.165) is 31.2 Å². The molecule has 1 saturated carbocycles. The number of nitrogens with zero attached hydrogens (tertiary/aromatic N) is 1. The Labute approximate surface area is 169 Å². The van der Waals surface area contributed by atoms with E-state index in [2.05, 4.69) is 5.32 Å². The lowest BCUT2D eigenvalue weighted by Crippen LogP contribution is -2.45. The fourth-order valence-electron chi connectivity index (χ4n) is 3.82. The van der Waals surface area contributed by atoms with Crippen LogP contribution in [-0.2, 0) is 11.3 Å². The zero-order valence-corrected chi connectivity index (χ0v) is 16.1. The van der Waals surface area contributed by atoms with Gasteiger partial charge in [-0.05, 0) is 42.7 Å². The van der Waals surface area contributed by atoms with Crippen LogP contribution < -0.4 is 5.32 Å². The molecule has 150 valence electrons. The molecule has 0 aliphatic heterocycles. The Hall–Kier alpha value is -3.28. The van der Waals surface area contributed by atoms with Crippen molar-refractivity contribution in [3.8, 4) is 0 Å². The predicted molar refractivity (Wildman–Crippen MR) is 107 cm³/mol. The molecule has 2 heterocycles. The largest absolute Gasteiger partial charge is 0.467 e. The van der Waals surface area contributed by atoms with E-state index >= 15 is 0 Å². The van der Waals surface area contributed by atoms with Crippen LogP contribution in [0.25, 0.3) is 0 Å². The Balaban J connectivity index is 1.68. The summed E-state index contributed by atoms with van der Waals surface area (Å²) in [7, 11) is 0. The summed E-state index contributed by atoms with van der Waals surface area (Å²) in [6, 6.07) is 15.6. The fourth-order valence-corrected chi connectivity index (χ4v) is 3.82. The summed E-state index contributed by atoms with van der Waals surface area (Å²) in [6.07, 6.45) is 7.10. The highest BCUT2D eigenvalue weighted by atomic mass is 16.3. The summed E-state index contributed by atoms with van der Waals surface area (Å²) in [4.78, 5) is 28.1. The molecule has 1 aliphatic carbocycles. The van der Waals surface area contributed by atoms with Crippen molar-refractivity contribution in [2.45, 2.75) is 44.3 Å². The molecular weight excluding hydrogens is 368 g/mol. The van der Waals surface area contributed by atoms with E-state index < -0.39 is 6.04 Å². The molecule has 0 saturated heterocycles. The molecule has 1 aromatic carbocycles. The molecule has 0 bridgehead atoms. The van der Waals surface area contributed by atoms with Crippen LogP contribution in [0.15, 0.2) is 76.0 Å². The SMILES string of the molecule is O=C(NC1CCCC1)[C@@H](c1ccco1)N(Cc1ccccc1)C(=O)c1ccco1. The third kappa shape index (κ3) is 4.42. The Kier molecular flexibility index (Phi) is 5.79. The van der Waals surface area contributed by atoms with Gasteiger partial charge < -0.3 is 19.1 Å². The van der Waals surface area contributed by atoms with Crippen LogP contribution in [0.5, 0.6) is 0 Å². The smallest absolute Gasteiger partial charge is 0.290 e. The van der Waals surface area contributed by atoms with Crippen molar-refractivity contribution in [1.29, 1.82) is 0 Å². The van der Waals surface area contributed by atoms with Gasteiger partial charge in [0.15, 0.2) is 11.8 Å². The maximum absolute atomic E-state index is 13.3. The molecule has 0 spiro atoms. The maximum Gasteiger partial charge on any atom is 0.290 e. The highest BCUT2D eigenvalue weighted by molar-refractivity contribution is 5.95. The zero-order valence-electron chi connectivity index (χ0n) is 16.1. The average Bonchev–Trinajstić information content (AvgIpc) is 3.51. The lowest BCUT2D eigenvalue weighted by Gasteiger charge is -2.30. The average molecular weight is 392 g/mol. The first-order valence-electron chi connectivity index (χ1n) is 9.94. The van der Waals surface area contributed by atoms with E-state index in [4.69, 9.17) is 8.83 Å². The Morgan fingerprint density at radius 2 is 1.69 bits per heavy atom. The van der Waals surface area contributed by atoms with Gasteiger partial charge in [-0.2, -0.15) is 0 Å². The number of nitrogens with one attached hydrogen (secondary N) is 1. The first kappa shape index (κ1) is 19.1. The van der Waals surface area contributed by atoms with Crippen LogP contribution in [-0.4, -0.2) is 22.8 Å². The van der Waals surface area contributed by atoms with Crippen LogP contribution in [0.3, 0.4) is 0 Å². The fraction of sp³-hybridized carbons (Fsp3) is 0.304. The summed E-state index contributed by atoms with van der Waals surface area (Å²) >= 11 is 0. The van der Waals surface area contributed by atoms with E-state index in [1.165, 1.54) is 17.4 Å². The van der Waals surface area contributed by atoms with Gasteiger partial charge in [0.25, 0.3) is 11.8 Å². The third-order valence-electron chi connectivity index (χ3n) is 5.26. The first-order chi connectivity index (χ1) is 14.2. The van der Waals surface area contributed by atoms with Gasteiger partial charge in [0.05, 0.1) is 12.5 Å². The van der Waals surface area contributed by atoms with Gasteiger partial charge in [0.1, 0.15) is 5.76 Å². The Morgan fingerprint density at radius 1 is 0.966 bits per heavy atom. The molecule has 1 atom stereocenters. The van der Waals surface area contributed by atoms with Gasteiger partial charge in [0.2, 0.25) is 0 Å². The summed E-state index contributed by atoms with van der Waals surface area (Å²) in [5.74, 6) is 0.0204. The molecule has 0 unspecified atom stereocenters. The first-order valence-corrected chi connectivity index (χ1v) is 9.94. The molecule has 2 amide bonds. The summed E-state index contributed by atoms with van der Waals surface area (Å²) in [5.41, 5.74) is 0.914. The highest BCUT2D eigenvalue weighted by Gasteiger charge is 2.36. The second kappa shape index (κ2) is 8.82. The summed E-state index contributed by atoms with van der Waals surface area (Å²) in [6.45, 7) is 0.254. The molecule has 0 radical (unpaired) electrons. The molecule has 3 aromatic rings. The van der Waals surface area contributed by atoms with Crippen molar-refractivity contribution in [3.05, 3.63) is 84.2 Å². The molecule has 2 aromatic heterocycles. The van der Waals surface area contributed by atoms with E-state index in [-0.39, 0.29) is 30.2 Å². The molecular formula is C23H24N2O4. The van der Waals surface area contributed by atoms with Crippen molar-refractivity contribution < 1.29 is 18.4 Å². The van der Waals surface area contributed by atoms with E-state index in [9.17, 15) is 9.59 Å². The van der Waals surface area contributed by atoms with Crippen LogP contribution in [0, 0.1) is 0 Å². The molecule has 4 rings (SSSR count). The van der Waals surface area contributed by atoms with E-state index in [1.54, 1.807) is 24.3 Å². The second-order valence-electron chi connectivity index (χ2n) is 7.30.